The summed E-state index contributed by atoms with van der Waals surface area (Å²) in [7, 11) is 0. The number of Topliss-reactive ketones (excluding diaryl/α,β-unsaturated/α-hetero) is 1. The maximum Gasteiger partial charge on any atom is 0.268 e. The summed E-state index contributed by atoms with van der Waals surface area (Å²) in [6, 6.07) is 5.78. The van der Waals surface area contributed by atoms with Gasteiger partial charge in [-0.15, -0.1) is 0 Å². The second kappa shape index (κ2) is 9.07. The predicted molar refractivity (Wildman–Crippen MR) is 116 cm³/mol. The zero-order valence-electron chi connectivity index (χ0n) is 17.3. The number of nitrogens with one attached hydrogen (secondary N) is 1. The summed E-state index contributed by atoms with van der Waals surface area (Å²) < 4.78 is 0. The maximum absolute atomic E-state index is 12.7. The minimum atomic E-state index is -0.396. The quantitative estimate of drug-likeness (QED) is 0.683. The Balaban J connectivity index is 1.82. The third kappa shape index (κ3) is 4.58. The molecule has 0 heterocycles. The molecule has 1 unspecified atom stereocenters. The first-order valence-corrected chi connectivity index (χ1v) is 10.3. The fourth-order valence-corrected chi connectivity index (χ4v) is 3.99. The predicted octanol–water partition coefficient (Wildman–Crippen LogP) is 3.24. The van der Waals surface area contributed by atoms with E-state index in [2.05, 4.69) is 25.2 Å². The Morgan fingerprint density at radius 3 is 2.66 bits per heavy atom. The molecule has 154 valence electrons. The van der Waals surface area contributed by atoms with Crippen LogP contribution in [0.25, 0.3) is 0 Å². The van der Waals surface area contributed by atoms with Crippen LogP contribution < -0.4 is 16.8 Å². The van der Waals surface area contributed by atoms with Crippen molar-refractivity contribution in [2.24, 2.45) is 16.5 Å². The van der Waals surface area contributed by atoms with E-state index < -0.39 is 5.91 Å². The van der Waals surface area contributed by atoms with Gasteiger partial charge in [0.25, 0.3) is 5.91 Å². The van der Waals surface area contributed by atoms with Crippen LogP contribution in [0.1, 0.15) is 56.1 Å². The van der Waals surface area contributed by atoms with Crippen LogP contribution in [0.2, 0.25) is 0 Å². The van der Waals surface area contributed by atoms with Crippen LogP contribution in [0.4, 0.5) is 5.69 Å². The number of benzene rings is 1. The van der Waals surface area contributed by atoms with Crippen LogP contribution in [0.3, 0.4) is 0 Å². The molecule has 6 nitrogen and oxygen atoms in total. The van der Waals surface area contributed by atoms with Gasteiger partial charge in [-0.05, 0) is 69.6 Å². The van der Waals surface area contributed by atoms with Gasteiger partial charge in [0.2, 0.25) is 0 Å². The van der Waals surface area contributed by atoms with Crippen molar-refractivity contribution < 1.29 is 9.59 Å². The zero-order chi connectivity index (χ0) is 21.0. The van der Waals surface area contributed by atoms with Crippen LogP contribution in [-0.4, -0.2) is 23.4 Å². The molecule has 2 aliphatic rings. The summed E-state index contributed by atoms with van der Waals surface area (Å²) in [4.78, 5) is 29.7. The number of ketones is 1. The molecule has 0 aromatic heterocycles. The first-order valence-electron chi connectivity index (χ1n) is 10.3. The average Bonchev–Trinajstić information content (AvgIpc) is 2.71. The van der Waals surface area contributed by atoms with E-state index in [0.29, 0.717) is 18.4 Å². The Hall–Kier alpha value is -2.89. The number of aryl methyl sites for hydroxylation is 1. The van der Waals surface area contributed by atoms with Gasteiger partial charge >= 0.3 is 0 Å². The number of rotatable bonds is 3. The molecule has 1 amide bonds. The highest BCUT2D eigenvalue weighted by Crippen LogP contribution is 2.28. The number of aliphatic imine (C=N–C) groups is 1. The number of carbonyl (C=O) groups is 2. The second-order valence-electron chi connectivity index (χ2n) is 7.84. The Morgan fingerprint density at radius 1 is 1.17 bits per heavy atom. The Labute approximate surface area is 172 Å². The molecule has 0 saturated heterocycles. The maximum atomic E-state index is 12.7. The number of carbonyl (C=O) groups excluding carboxylic acids is 2. The number of hydrogen-bond acceptors (Lipinski definition) is 5. The highest BCUT2D eigenvalue weighted by molar-refractivity contribution is 6.07. The molecule has 0 radical (unpaired) electrons. The lowest BCUT2D eigenvalue weighted by molar-refractivity contribution is -0.120. The molecule has 5 N–H and O–H groups in total. The van der Waals surface area contributed by atoms with E-state index in [9.17, 15) is 9.59 Å². The minimum absolute atomic E-state index is 0.0145. The highest BCUT2D eigenvalue weighted by atomic mass is 16.2. The fourth-order valence-electron chi connectivity index (χ4n) is 3.99. The first kappa shape index (κ1) is 20.8. The van der Waals surface area contributed by atoms with Gasteiger partial charge in [-0.2, -0.15) is 0 Å². The largest absolute Gasteiger partial charge is 0.404 e. The van der Waals surface area contributed by atoms with Gasteiger partial charge in [0.1, 0.15) is 5.70 Å². The van der Waals surface area contributed by atoms with Crippen molar-refractivity contribution in [1.82, 2.24) is 5.32 Å². The summed E-state index contributed by atoms with van der Waals surface area (Å²) >= 11 is 0. The van der Waals surface area contributed by atoms with Crippen molar-refractivity contribution in [3.63, 3.8) is 0 Å². The van der Waals surface area contributed by atoms with Crippen molar-refractivity contribution in [2.45, 2.75) is 64.8 Å². The standard InChI is InChI=1S/C23H30N4O2/c1-14-7-5-9-18(15(14)2)26-19-10-6-11-20(17(19)13-24)27-23(29)22(25)16-8-3-4-12-21(16)28/h5,7,9,13,20H,3-4,6,8,10-12,24-25H2,1-2H3,(H,27,29). The number of nitrogens with two attached hydrogens (primary N) is 2. The van der Waals surface area contributed by atoms with Crippen molar-refractivity contribution >= 4 is 23.1 Å². The van der Waals surface area contributed by atoms with Crippen molar-refractivity contribution in [3.8, 4) is 0 Å². The van der Waals surface area contributed by atoms with Crippen LogP contribution in [-0.2, 0) is 9.59 Å². The molecular formula is C23H30N4O2. The van der Waals surface area contributed by atoms with Crippen LogP contribution in [0, 0.1) is 13.8 Å². The molecule has 1 atom stereocenters. The Kier molecular flexibility index (Phi) is 6.52. The summed E-state index contributed by atoms with van der Waals surface area (Å²) in [5.41, 5.74) is 17.4. The van der Waals surface area contributed by atoms with E-state index in [-0.39, 0.29) is 17.5 Å². The number of nitrogens with zero attached hydrogens (tertiary/aromatic N) is 1. The average molecular weight is 395 g/mol. The van der Waals surface area contributed by atoms with E-state index in [1.165, 1.54) is 11.8 Å². The highest BCUT2D eigenvalue weighted by Gasteiger charge is 2.28. The number of amides is 1. The van der Waals surface area contributed by atoms with Gasteiger partial charge in [-0.3, -0.25) is 14.6 Å². The first-order chi connectivity index (χ1) is 13.9. The van der Waals surface area contributed by atoms with Gasteiger partial charge in [0, 0.05) is 29.5 Å². The molecule has 6 heteroatoms. The molecule has 2 saturated carbocycles. The number of allylic oxidation sites excluding steroid dienone is 1. The molecule has 3 rings (SSSR count). The van der Waals surface area contributed by atoms with Gasteiger partial charge in [-0.1, -0.05) is 12.1 Å². The molecule has 1 aromatic carbocycles. The van der Waals surface area contributed by atoms with Crippen molar-refractivity contribution in [1.29, 1.82) is 0 Å². The van der Waals surface area contributed by atoms with Gasteiger partial charge in [0.15, 0.2) is 5.78 Å². The lowest BCUT2D eigenvalue weighted by Gasteiger charge is -2.28. The summed E-state index contributed by atoms with van der Waals surface area (Å²) in [6.45, 7) is 4.11. The zero-order valence-corrected chi connectivity index (χ0v) is 17.3. The van der Waals surface area contributed by atoms with Crippen molar-refractivity contribution in [3.05, 3.63) is 52.4 Å². The van der Waals surface area contributed by atoms with E-state index in [1.807, 2.05) is 12.1 Å². The molecular weight excluding hydrogens is 364 g/mol. The lowest BCUT2D eigenvalue weighted by atomic mass is 9.87. The van der Waals surface area contributed by atoms with Crippen LogP contribution in [0.5, 0.6) is 0 Å². The van der Waals surface area contributed by atoms with E-state index in [0.717, 1.165) is 54.6 Å². The third-order valence-electron chi connectivity index (χ3n) is 5.92. The topological polar surface area (TPSA) is 111 Å². The third-order valence-corrected chi connectivity index (χ3v) is 5.92. The molecule has 2 aliphatic carbocycles. The molecule has 2 fully saturated rings. The Morgan fingerprint density at radius 2 is 1.93 bits per heavy atom. The minimum Gasteiger partial charge on any atom is -0.404 e. The van der Waals surface area contributed by atoms with E-state index >= 15 is 0 Å². The summed E-state index contributed by atoms with van der Waals surface area (Å²) in [6.07, 6.45) is 6.77. The molecule has 29 heavy (non-hydrogen) atoms. The second-order valence-corrected chi connectivity index (χ2v) is 7.84. The summed E-state index contributed by atoms with van der Waals surface area (Å²) in [5.74, 6) is -0.410. The van der Waals surface area contributed by atoms with Gasteiger partial charge < -0.3 is 16.8 Å². The van der Waals surface area contributed by atoms with Crippen LogP contribution in [0.15, 0.2) is 46.2 Å². The normalized spacial score (nSPS) is 24.6. The lowest BCUT2D eigenvalue weighted by Crippen LogP contribution is -2.43. The number of hydrogen-bond donors (Lipinski definition) is 3. The Bertz CT molecular complexity index is 911. The molecule has 0 bridgehead atoms. The summed E-state index contributed by atoms with van der Waals surface area (Å²) in [5, 5.41) is 2.98. The fraction of sp³-hybridized carbons (Fsp3) is 0.435. The van der Waals surface area contributed by atoms with Crippen molar-refractivity contribution in [2.75, 3.05) is 0 Å². The van der Waals surface area contributed by atoms with Crippen LogP contribution >= 0.6 is 0 Å². The SMILES string of the molecule is Cc1cccc(N=C2CCCC(NC(=O)C(N)=C3CCCCC3=O)C2=CN)c1C. The van der Waals surface area contributed by atoms with Gasteiger partial charge in [-0.25, -0.2) is 0 Å². The smallest absolute Gasteiger partial charge is 0.268 e. The monoisotopic (exact) mass is 394 g/mol. The van der Waals surface area contributed by atoms with Gasteiger partial charge in [0.05, 0.1) is 11.7 Å². The molecule has 0 spiro atoms. The molecule has 1 aromatic rings. The molecule has 0 aliphatic heterocycles. The van der Waals surface area contributed by atoms with E-state index in [4.69, 9.17) is 16.5 Å². The van der Waals surface area contributed by atoms with E-state index in [1.54, 1.807) is 0 Å².